The number of hydrogen-bond acceptors (Lipinski definition) is 2. The number of hydrogen-bond donors (Lipinski definition) is 1. The van der Waals surface area contributed by atoms with E-state index in [0.717, 1.165) is 27.9 Å². The lowest BCUT2D eigenvalue weighted by Gasteiger charge is -2.10. The number of halogens is 2. The fourth-order valence-electron chi connectivity index (χ4n) is 1.77. The van der Waals surface area contributed by atoms with Gasteiger partial charge in [0.2, 0.25) is 0 Å². The lowest BCUT2D eigenvalue weighted by molar-refractivity contribution is 0.803. The molecule has 0 bridgehead atoms. The van der Waals surface area contributed by atoms with Gasteiger partial charge < -0.3 is 5.32 Å². The van der Waals surface area contributed by atoms with Gasteiger partial charge in [-0.25, -0.2) is 0 Å². The first-order valence-corrected chi connectivity index (χ1v) is 7.74. The minimum atomic E-state index is 0.765. The van der Waals surface area contributed by atoms with Crippen molar-refractivity contribution in [1.29, 1.82) is 0 Å². The molecule has 2 aromatic carbocycles. The molecule has 0 aromatic heterocycles. The van der Waals surface area contributed by atoms with Gasteiger partial charge in [0.15, 0.2) is 0 Å². The van der Waals surface area contributed by atoms with Crippen LogP contribution in [-0.2, 0) is 12.3 Å². The van der Waals surface area contributed by atoms with Crippen LogP contribution in [0.25, 0.3) is 0 Å². The second-order valence-corrected chi connectivity index (χ2v) is 6.02. The monoisotopic (exact) mass is 311 g/mol. The SMILES string of the molecule is CNCc1ccc(Cl)cc1SCc1ccccc1Cl. The smallest absolute Gasteiger partial charge is 0.0446 e. The molecule has 0 aliphatic carbocycles. The molecular weight excluding hydrogens is 297 g/mol. The molecule has 0 aliphatic heterocycles. The van der Waals surface area contributed by atoms with Crippen molar-refractivity contribution in [2.24, 2.45) is 0 Å². The van der Waals surface area contributed by atoms with Crippen molar-refractivity contribution in [3.05, 3.63) is 63.6 Å². The minimum absolute atomic E-state index is 0.765. The van der Waals surface area contributed by atoms with Crippen molar-refractivity contribution < 1.29 is 0 Å². The molecule has 100 valence electrons. The highest BCUT2D eigenvalue weighted by Crippen LogP contribution is 2.31. The van der Waals surface area contributed by atoms with Crippen LogP contribution in [0.15, 0.2) is 47.4 Å². The van der Waals surface area contributed by atoms with E-state index in [1.165, 1.54) is 10.5 Å². The molecule has 2 aromatic rings. The highest BCUT2D eigenvalue weighted by atomic mass is 35.5. The Balaban J connectivity index is 2.14. The van der Waals surface area contributed by atoms with E-state index in [-0.39, 0.29) is 0 Å². The van der Waals surface area contributed by atoms with Gasteiger partial charge in [-0.05, 0) is 36.4 Å². The van der Waals surface area contributed by atoms with E-state index in [0.29, 0.717) is 0 Å². The molecule has 0 heterocycles. The fourth-order valence-corrected chi connectivity index (χ4v) is 3.39. The maximum Gasteiger partial charge on any atom is 0.0446 e. The van der Waals surface area contributed by atoms with E-state index in [2.05, 4.69) is 17.4 Å². The molecule has 0 saturated heterocycles. The normalized spacial score (nSPS) is 10.7. The molecule has 2 rings (SSSR count). The Morgan fingerprint density at radius 2 is 1.84 bits per heavy atom. The lowest BCUT2D eigenvalue weighted by atomic mass is 10.2. The van der Waals surface area contributed by atoms with Crippen LogP contribution in [0.2, 0.25) is 10.0 Å². The van der Waals surface area contributed by atoms with Crippen molar-refractivity contribution in [2.45, 2.75) is 17.2 Å². The minimum Gasteiger partial charge on any atom is -0.316 e. The Bertz CT molecular complexity index is 558. The predicted octanol–water partition coefficient (Wildman–Crippen LogP) is 5.01. The Morgan fingerprint density at radius 1 is 1.05 bits per heavy atom. The number of thioether (sulfide) groups is 1. The zero-order chi connectivity index (χ0) is 13.7. The third kappa shape index (κ3) is 4.15. The number of benzene rings is 2. The molecule has 4 heteroatoms. The van der Waals surface area contributed by atoms with Crippen LogP contribution in [0.3, 0.4) is 0 Å². The van der Waals surface area contributed by atoms with Gasteiger partial charge in [0, 0.05) is 27.2 Å². The highest BCUT2D eigenvalue weighted by Gasteiger charge is 2.06. The van der Waals surface area contributed by atoms with Gasteiger partial charge in [-0.2, -0.15) is 0 Å². The molecule has 1 nitrogen and oxygen atoms in total. The Hall–Kier alpha value is -0.670. The summed E-state index contributed by atoms with van der Waals surface area (Å²) in [6.07, 6.45) is 0. The van der Waals surface area contributed by atoms with Crippen molar-refractivity contribution in [2.75, 3.05) is 7.05 Å². The fraction of sp³-hybridized carbons (Fsp3) is 0.200. The lowest BCUT2D eigenvalue weighted by Crippen LogP contribution is -2.06. The molecule has 1 N–H and O–H groups in total. The Morgan fingerprint density at radius 3 is 2.58 bits per heavy atom. The van der Waals surface area contributed by atoms with Crippen LogP contribution in [0.4, 0.5) is 0 Å². The Kier molecular flexibility index (Phi) is 5.59. The molecule has 0 fully saturated rings. The molecule has 0 atom stereocenters. The van der Waals surface area contributed by atoms with Crippen molar-refractivity contribution in [3.8, 4) is 0 Å². The van der Waals surface area contributed by atoms with Crippen molar-refractivity contribution in [1.82, 2.24) is 5.32 Å². The zero-order valence-corrected chi connectivity index (χ0v) is 12.9. The molecular formula is C15H15Cl2NS. The first-order valence-electron chi connectivity index (χ1n) is 6.00. The van der Waals surface area contributed by atoms with Crippen LogP contribution in [0.1, 0.15) is 11.1 Å². The molecule has 0 amide bonds. The first-order chi connectivity index (χ1) is 9.20. The molecule has 0 unspecified atom stereocenters. The van der Waals surface area contributed by atoms with E-state index in [1.807, 2.05) is 37.4 Å². The summed E-state index contributed by atoms with van der Waals surface area (Å²) in [6, 6.07) is 13.9. The van der Waals surface area contributed by atoms with Crippen LogP contribution in [0.5, 0.6) is 0 Å². The molecule has 19 heavy (non-hydrogen) atoms. The van der Waals surface area contributed by atoms with E-state index < -0.39 is 0 Å². The van der Waals surface area contributed by atoms with E-state index in [9.17, 15) is 0 Å². The van der Waals surface area contributed by atoms with E-state index in [1.54, 1.807) is 11.8 Å². The summed E-state index contributed by atoms with van der Waals surface area (Å²) in [5.74, 6) is 0.844. The predicted molar refractivity (Wildman–Crippen MR) is 85.2 cm³/mol. The summed E-state index contributed by atoms with van der Waals surface area (Å²) in [5.41, 5.74) is 2.40. The van der Waals surface area contributed by atoms with E-state index >= 15 is 0 Å². The zero-order valence-electron chi connectivity index (χ0n) is 10.6. The number of rotatable bonds is 5. The summed E-state index contributed by atoms with van der Waals surface area (Å²) in [7, 11) is 1.94. The van der Waals surface area contributed by atoms with Crippen LogP contribution in [-0.4, -0.2) is 7.05 Å². The largest absolute Gasteiger partial charge is 0.316 e. The third-order valence-corrected chi connectivity index (χ3v) is 4.49. The van der Waals surface area contributed by atoms with Crippen LogP contribution in [0, 0.1) is 0 Å². The second kappa shape index (κ2) is 7.20. The average molecular weight is 312 g/mol. The summed E-state index contributed by atoms with van der Waals surface area (Å²) in [5, 5.41) is 4.75. The van der Waals surface area contributed by atoms with Gasteiger partial charge in [-0.3, -0.25) is 0 Å². The molecule has 0 radical (unpaired) electrons. The summed E-state index contributed by atoms with van der Waals surface area (Å²) in [4.78, 5) is 1.20. The molecule has 0 spiro atoms. The van der Waals surface area contributed by atoms with Crippen molar-refractivity contribution >= 4 is 35.0 Å². The Labute approximate surface area is 128 Å². The quantitative estimate of drug-likeness (QED) is 0.779. The van der Waals surface area contributed by atoms with Gasteiger partial charge >= 0.3 is 0 Å². The summed E-state index contributed by atoms with van der Waals surface area (Å²) in [6.45, 7) is 0.835. The summed E-state index contributed by atoms with van der Waals surface area (Å²) < 4.78 is 0. The van der Waals surface area contributed by atoms with Crippen LogP contribution < -0.4 is 5.32 Å². The second-order valence-electron chi connectivity index (χ2n) is 4.16. The molecule has 0 saturated carbocycles. The van der Waals surface area contributed by atoms with E-state index in [4.69, 9.17) is 23.2 Å². The van der Waals surface area contributed by atoms with Gasteiger partial charge in [-0.15, -0.1) is 11.8 Å². The van der Waals surface area contributed by atoms with Crippen LogP contribution >= 0.6 is 35.0 Å². The summed E-state index contributed by atoms with van der Waals surface area (Å²) >= 11 is 14.0. The van der Waals surface area contributed by atoms with Gasteiger partial charge in [-0.1, -0.05) is 47.5 Å². The average Bonchev–Trinajstić information content (AvgIpc) is 2.41. The number of nitrogens with one attached hydrogen (secondary N) is 1. The molecule has 0 aliphatic rings. The van der Waals surface area contributed by atoms with Gasteiger partial charge in [0.1, 0.15) is 0 Å². The van der Waals surface area contributed by atoms with Gasteiger partial charge in [0.25, 0.3) is 0 Å². The van der Waals surface area contributed by atoms with Crippen molar-refractivity contribution in [3.63, 3.8) is 0 Å². The first kappa shape index (κ1) is 14.7. The third-order valence-electron chi connectivity index (χ3n) is 2.74. The topological polar surface area (TPSA) is 12.0 Å². The standard InChI is InChI=1S/C15H15Cl2NS/c1-18-9-11-6-7-13(16)8-15(11)19-10-12-4-2-3-5-14(12)17/h2-8,18H,9-10H2,1H3. The highest BCUT2D eigenvalue weighted by molar-refractivity contribution is 7.98. The maximum atomic E-state index is 6.17. The van der Waals surface area contributed by atoms with Gasteiger partial charge in [0.05, 0.1) is 0 Å². The maximum absolute atomic E-state index is 6.17.